The second-order valence-corrected chi connectivity index (χ2v) is 5.36. The highest BCUT2D eigenvalue weighted by Crippen LogP contribution is 2.18. The molecule has 1 unspecified atom stereocenters. The van der Waals surface area contributed by atoms with Crippen LogP contribution < -0.4 is 11.1 Å². The number of hydrogen-bond acceptors (Lipinski definition) is 2. The third-order valence-electron chi connectivity index (χ3n) is 3.28. The van der Waals surface area contributed by atoms with Crippen LogP contribution in [0.2, 0.25) is 5.02 Å². The molecule has 2 nitrogen and oxygen atoms in total. The lowest BCUT2D eigenvalue weighted by Crippen LogP contribution is -2.33. The fraction of sp³-hybridized carbons (Fsp3) is 0.571. The van der Waals surface area contributed by atoms with Gasteiger partial charge in [-0.25, -0.2) is 0 Å². The molecule has 1 aromatic carbocycles. The maximum absolute atomic E-state index is 5.98. The molecule has 0 radical (unpaired) electrons. The predicted octanol–water partition coefficient (Wildman–Crippen LogP) is 3.22. The van der Waals surface area contributed by atoms with Gasteiger partial charge < -0.3 is 11.1 Å². The molecule has 96 valence electrons. The highest BCUT2D eigenvalue weighted by molar-refractivity contribution is 6.30. The van der Waals surface area contributed by atoms with E-state index in [0.29, 0.717) is 17.9 Å². The molecule has 3 N–H and O–H groups in total. The Bertz CT molecular complexity index is 339. The molecule has 0 aromatic heterocycles. The molecule has 0 bridgehead atoms. The molecule has 1 aromatic rings. The topological polar surface area (TPSA) is 38.0 Å². The predicted molar refractivity (Wildman–Crippen MR) is 75.3 cm³/mol. The Morgan fingerprint density at radius 3 is 2.53 bits per heavy atom. The van der Waals surface area contributed by atoms with Crippen LogP contribution in [0.25, 0.3) is 0 Å². The van der Waals surface area contributed by atoms with E-state index in [4.69, 9.17) is 17.3 Å². The normalized spacial score (nSPS) is 14.9. The van der Waals surface area contributed by atoms with Gasteiger partial charge in [0.05, 0.1) is 0 Å². The lowest BCUT2D eigenvalue weighted by molar-refractivity contribution is 0.356. The quantitative estimate of drug-likeness (QED) is 0.818. The number of halogens is 1. The molecule has 0 heterocycles. The van der Waals surface area contributed by atoms with Crippen molar-refractivity contribution in [1.82, 2.24) is 5.32 Å². The fourth-order valence-corrected chi connectivity index (χ4v) is 2.01. The average Bonchev–Trinajstić information content (AvgIpc) is 2.29. The van der Waals surface area contributed by atoms with Crippen LogP contribution in [-0.4, -0.2) is 13.1 Å². The first-order valence-corrected chi connectivity index (χ1v) is 6.61. The summed E-state index contributed by atoms with van der Waals surface area (Å²) in [4.78, 5) is 0. The number of hydrogen-bond donors (Lipinski definition) is 2. The lowest BCUT2D eigenvalue weighted by Gasteiger charge is -2.22. The summed E-state index contributed by atoms with van der Waals surface area (Å²) < 4.78 is 0. The molecule has 3 heteroatoms. The molecule has 2 atom stereocenters. The molecule has 0 aliphatic carbocycles. The monoisotopic (exact) mass is 254 g/mol. The molecule has 0 saturated carbocycles. The first-order chi connectivity index (χ1) is 8.04. The van der Waals surface area contributed by atoms with Gasteiger partial charge in [-0.3, -0.25) is 0 Å². The molecular weight excluding hydrogens is 232 g/mol. The zero-order valence-corrected chi connectivity index (χ0v) is 11.7. The van der Waals surface area contributed by atoms with Crippen LogP contribution in [0.1, 0.15) is 32.4 Å². The Balaban J connectivity index is 2.52. The van der Waals surface area contributed by atoms with E-state index in [0.717, 1.165) is 18.1 Å². The van der Waals surface area contributed by atoms with Gasteiger partial charge in [-0.2, -0.15) is 0 Å². The first kappa shape index (κ1) is 14.5. The van der Waals surface area contributed by atoms with E-state index in [1.165, 1.54) is 5.56 Å². The molecule has 0 amide bonds. The minimum atomic E-state index is 0.307. The summed E-state index contributed by atoms with van der Waals surface area (Å²) in [7, 11) is 0. The molecule has 0 aliphatic heterocycles. The third kappa shape index (κ3) is 4.66. The third-order valence-corrected chi connectivity index (χ3v) is 3.52. The lowest BCUT2D eigenvalue weighted by atomic mass is 9.95. The standard InChI is InChI=1S/C14H23ClN2/c1-10(2)13(8-16)9-17-11(3)12-5-4-6-14(15)7-12/h4-7,10-11,13,17H,8-9,16H2,1-3H3/t11-,13?/m1/s1. The van der Waals surface area contributed by atoms with Gasteiger partial charge >= 0.3 is 0 Å². The minimum absolute atomic E-state index is 0.307. The van der Waals surface area contributed by atoms with Crippen LogP contribution in [0, 0.1) is 11.8 Å². The molecular formula is C14H23ClN2. The molecule has 0 aliphatic rings. The van der Waals surface area contributed by atoms with Gasteiger partial charge in [-0.1, -0.05) is 37.6 Å². The van der Waals surface area contributed by atoms with E-state index >= 15 is 0 Å². The van der Waals surface area contributed by atoms with Gasteiger partial charge in [0.2, 0.25) is 0 Å². The van der Waals surface area contributed by atoms with Gasteiger partial charge in [0, 0.05) is 11.1 Å². The van der Waals surface area contributed by atoms with E-state index in [1.54, 1.807) is 0 Å². The van der Waals surface area contributed by atoms with Crippen molar-refractivity contribution in [1.29, 1.82) is 0 Å². The van der Waals surface area contributed by atoms with E-state index in [9.17, 15) is 0 Å². The van der Waals surface area contributed by atoms with Crippen LogP contribution in [0.15, 0.2) is 24.3 Å². The smallest absolute Gasteiger partial charge is 0.0409 e. The Labute approximate surface area is 110 Å². The van der Waals surface area contributed by atoms with Crippen LogP contribution in [0.3, 0.4) is 0 Å². The van der Waals surface area contributed by atoms with Crippen molar-refractivity contribution >= 4 is 11.6 Å². The van der Waals surface area contributed by atoms with E-state index in [2.05, 4.69) is 32.2 Å². The van der Waals surface area contributed by atoms with E-state index in [-0.39, 0.29) is 0 Å². The highest BCUT2D eigenvalue weighted by atomic mass is 35.5. The largest absolute Gasteiger partial charge is 0.330 e. The van der Waals surface area contributed by atoms with Gasteiger partial charge in [-0.05, 0) is 49.5 Å². The van der Waals surface area contributed by atoms with Gasteiger partial charge in [0.15, 0.2) is 0 Å². The summed E-state index contributed by atoms with van der Waals surface area (Å²) >= 11 is 5.98. The summed E-state index contributed by atoms with van der Waals surface area (Å²) in [6.45, 7) is 8.25. The number of rotatable bonds is 6. The minimum Gasteiger partial charge on any atom is -0.330 e. The van der Waals surface area contributed by atoms with Gasteiger partial charge in [0.25, 0.3) is 0 Å². The van der Waals surface area contributed by atoms with E-state index in [1.807, 2.05) is 18.2 Å². The zero-order valence-electron chi connectivity index (χ0n) is 10.9. The fourth-order valence-electron chi connectivity index (χ4n) is 1.81. The van der Waals surface area contributed by atoms with Crippen molar-refractivity contribution in [3.63, 3.8) is 0 Å². The Morgan fingerprint density at radius 1 is 1.29 bits per heavy atom. The number of nitrogens with two attached hydrogens (primary N) is 1. The molecule has 0 fully saturated rings. The van der Waals surface area contributed by atoms with Crippen molar-refractivity contribution in [2.24, 2.45) is 17.6 Å². The Hall–Kier alpha value is -0.570. The maximum atomic E-state index is 5.98. The number of nitrogens with one attached hydrogen (secondary N) is 1. The Morgan fingerprint density at radius 2 is 2.00 bits per heavy atom. The SMILES string of the molecule is CC(C)C(CN)CN[C@H](C)c1cccc(Cl)c1. The van der Waals surface area contributed by atoms with Crippen LogP contribution in [0.5, 0.6) is 0 Å². The number of benzene rings is 1. The summed E-state index contributed by atoms with van der Waals surface area (Å²) in [5.41, 5.74) is 6.98. The van der Waals surface area contributed by atoms with Crippen molar-refractivity contribution in [3.05, 3.63) is 34.9 Å². The van der Waals surface area contributed by atoms with Crippen molar-refractivity contribution in [2.45, 2.75) is 26.8 Å². The summed E-state index contributed by atoms with van der Waals surface area (Å²) in [6.07, 6.45) is 0. The Kier molecular flexibility index (Phi) is 5.96. The second-order valence-electron chi connectivity index (χ2n) is 4.92. The molecule has 1 rings (SSSR count). The molecule has 0 spiro atoms. The average molecular weight is 255 g/mol. The summed E-state index contributed by atoms with van der Waals surface area (Å²) in [5.74, 6) is 1.13. The maximum Gasteiger partial charge on any atom is 0.0409 e. The van der Waals surface area contributed by atoms with Crippen LogP contribution >= 0.6 is 11.6 Å². The van der Waals surface area contributed by atoms with Crippen LogP contribution in [-0.2, 0) is 0 Å². The second kappa shape index (κ2) is 7.00. The van der Waals surface area contributed by atoms with Gasteiger partial charge in [-0.15, -0.1) is 0 Å². The van der Waals surface area contributed by atoms with E-state index < -0.39 is 0 Å². The van der Waals surface area contributed by atoms with Gasteiger partial charge in [0.1, 0.15) is 0 Å². The highest BCUT2D eigenvalue weighted by Gasteiger charge is 2.13. The molecule has 0 saturated heterocycles. The summed E-state index contributed by atoms with van der Waals surface area (Å²) in [6, 6.07) is 8.29. The van der Waals surface area contributed by atoms with Crippen LogP contribution in [0.4, 0.5) is 0 Å². The summed E-state index contributed by atoms with van der Waals surface area (Å²) in [5, 5.41) is 4.31. The van der Waals surface area contributed by atoms with Crippen molar-refractivity contribution < 1.29 is 0 Å². The van der Waals surface area contributed by atoms with Crippen molar-refractivity contribution in [2.75, 3.05) is 13.1 Å². The first-order valence-electron chi connectivity index (χ1n) is 6.23. The van der Waals surface area contributed by atoms with Crippen molar-refractivity contribution in [3.8, 4) is 0 Å². The molecule has 17 heavy (non-hydrogen) atoms. The zero-order chi connectivity index (χ0) is 12.8.